The van der Waals surface area contributed by atoms with Gasteiger partial charge in [0.25, 0.3) is 0 Å². The highest BCUT2D eigenvalue weighted by atomic mass is 35.5. The fourth-order valence-electron chi connectivity index (χ4n) is 5.67. The molecule has 0 bridgehead atoms. The number of carbonyl (C=O) groups is 1. The van der Waals surface area contributed by atoms with Crippen molar-refractivity contribution in [3.05, 3.63) is 83.7 Å². The average molecular weight is 534 g/mol. The van der Waals surface area contributed by atoms with Crippen molar-refractivity contribution in [1.82, 2.24) is 19.3 Å². The lowest BCUT2D eigenvalue weighted by Crippen LogP contribution is -2.49. The number of benzene rings is 1. The van der Waals surface area contributed by atoms with Crippen LogP contribution in [-0.4, -0.2) is 52.9 Å². The zero-order valence-corrected chi connectivity index (χ0v) is 21.7. The molecule has 1 fully saturated rings. The molecule has 1 amide bonds. The zero-order chi connectivity index (χ0) is 25.8. The molecular weight excluding hydrogens is 510 g/mol. The summed E-state index contributed by atoms with van der Waals surface area (Å²) in [5.74, 6) is -0.0428. The highest BCUT2D eigenvalue weighted by Crippen LogP contribution is 2.48. The molecule has 1 spiro atoms. The number of halogens is 1. The van der Waals surface area contributed by atoms with Gasteiger partial charge in [-0.05, 0) is 48.1 Å². The van der Waals surface area contributed by atoms with Gasteiger partial charge in [0.05, 0.1) is 35.8 Å². The third-order valence-electron chi connectivity index (χ3n) is 7.50. The molecule has 2 aliphatic heterocycles. The molecular formula is C27H24ClN5O3S. The first-order valence-corrected chi connectivity index (χ1v) is 14.2. The van der Waals surface area contributed by atoms with Crippen LogP contribution in [0.3, 0.4) is 0 Å². The minimum atomic E-state index is -3.32. The summed E-state index contributed by atoms with van der Waals surface area (Å²) in [5.41, 5.74) is 3.39. The van der Waals surface area contributed by atoms with Gasteiger partial charge in [-0.2, -0.15) is 0 Å². The monoisotopic (exact) mass is 533 g/mol. The smallest absolute Gasteiger partial charge is 0.238 e. The molecule has 37 heavy (non-hydrogen) atoms. The highest BCUT2D eigenvalue weighted by molar-refractivity contribution is 7.88. The number of sulfonamides is 1. The number of piperidine rings is 1. The predicted molar refractivity (Wildman–Crippen MR) is 143 cm³/mol. The lowest BCUT2D eigenvalue weighted by molar-refractivity contribution is -0.124. The van der Waals surface area contributed by atoms with Crippen LogP contribution in [0, 0.1) is 0 Å². The molecule has 10 heteroatoms. The summed E-state index contributed by atoms with van der Waals surface area (Å²) in [6.45, 7) is 0.851. The molecule has 8 nitrogen and oxygen atoms in total. The minimum absolute atomic E-state index is 0.0428. The van der Waals surface area contributed by atoms with Crippen LogP contribution in [0.4, 0.5) is 5.69 Å². The summed E-state index contributed by atoms with van der Waals surface area (Å²) in [6, 6.07) is 11.4. The van der Waals surface area contributed by atoms with E-state index in [0.29, 0.717) is 31.0 Å². The van der Waals surface area contributed by atoms with E-state index in [1.807, 2.05) is 36.4 Å². The van der Waals surface area contributed by atoms with Crippen molar-refractivity contribution >= 4 is 44.0 Å². The number of carbonyl (C=O) groups excluding carboxylic acids is 1. The van der Waals surface area contributed by atoms with E-state index < -0.39 is 15.4 Å². The van der Waals surface area contributed by atoms with Crippen molar-refractivity contribution in [3.8, 4) is 11.1 Å². The molecule has 0 atom stereocenters. The number of anilines is 1. The van der Waals surface area contributed by atoms with Crippen LogP contribution in [-0.2, 0) is 26.8 Å². The first-order valence-electron chi connectivity index (χ1n) is 12.0. The maximum Gasteiger partial charge on any atom is 0.238 e. The van der Waals surface area contributed by atoms with Gasteiger partial charge in [-0.15, -0.1) is 0 Å². The van der Waals surface area contributed by atoms with Gasteiger partial charge in [-0.3, -0.25) is 19.7 Å². The van der Waals surface area contributed by atoms with E-state index in [0.717, 1.165) is 38.8 Å². The second kappa shape index (κ2) is 8.86. The van der Waals surface area contributed by atoms with Crippen LogP contribution in [0.15, 0.2) is 67.4 Å². The molecule has 4 aromatic rings. The van der Waals surface area contributed by atoms with Gasteiger partial charge < -0.3 is 4.90 Å². The van der Waals surface area contributed by atoms with Crippen molar-refractivity contribution in [1.29, 1.82) is 0 Å². The van der Waals surface area contributed by atoms with Crippen molar-refractivity contribution in [3.63, 3.8) is 0 Å². The Kier molecular flexibility index (Phi) is 5.74. The lowest BCUT2D eigenvalue weighted by atomic mass is 9.74. The fraction of sp³-hybridized carbons (Fsp3) is 0.259. The van der Waals surface area contributed by atoms with Gasteiger partial charge in [-0.25, -0.2) is 12.7 Å². The third kappa shape index (κ3) is 3.98. The number of nitrogens with zero attached hydrogens (tertiary/aromatic N) is 5. The topological polar surface area (TPSA) is 96.4 Å². The molecule has 0 saturated carbocycles. The number of hydrogen-bond donors (Lipinski definition) is 0. The molecule has 1 saturated heterocycles. The van der Waals surface area contributed by atoms with Gasteiger partial charge in [0.2, 0.25) is 15.9 Å². The highest BCUT2D eigenvalue weighted by Gasteiger charge is 2.53. The third-order valence-corrected chi connectivity index (χ3v) is 9.03. The Balaban J connectivity index is 1.44. The summed E-state index contributed by atoms with van der Waals surface area (Å²) in [4.78, 5) is 29.3. The van der Waals surface area contributed by atoms with E-state index in [2.05, 4.69) is 9.97 Å². The van der Waals surface area contributed by atoms with Gasteiger partial charge in [0.15, 0.2) is 0 Å². The van der Waals surface area contributed by atoms with Crippen molar-refractivity contribution < 1.29 is 13.2 Å². The Morgan fingerprint density at radius 2 is 1.81 bits per heavy atom. The van der Waals surface area contributed by atoms with E-state index in [9.17, 15) is 13.2 Å². The molecule has 0 unspecified atom stereocenters. The Morgan fingerprint density at radius 1 is 1.03 bits per heavy atom. The second-order valence-corrected chi connectivity index (χ2v) is 12.0. The number of hydrogen-bond acceptors (Lipinski definition) is 6. The number of amides is 1. The summed E-state index contributed by atoms with van der Waals surface area (Å²) < 4.78 is 25.7. The largest absolute Gasteiger partial charge is 0.304 e. The van der Waals surface area contributed by atoms with E-state index in [-0.39, 0.29) is 12.5 Å². The number of fused-ring (bicyclic) bond motifs is 3. The Bertz CT molecular complexity index is 1640. The summed E-state index contributed by atoms with van der Waals surface area (Å²) in [5, 5.41) is 2.49. The van der Waals surface area contributed by atoms with Crippen molar-refractivity contribution in [2.45, 2.75) is 24.8 Å². The maximum absolute atomic E-state index is 14.1. The molecule has 5 heterocycles. The lowest BCUT2D eigenvalue weighted by Gasteiger charge is -2.37. The van der Waals surface area contributed by atoms with E-state index in [4.69, 9.17) is 16.6 Å². The first kappa shape index (κ1) is 24.0. The summed E-state index contributed by atoms with van der Waals surface area (Å²) >= 11 is 6.25. The van der Waals surface area contributed by atoms with Crippen molar-refractivity contribution in [2.24, 2.45) is 0 Å². The van der Waals surface area contributed by atoms with E-state index in [1.165, 1.54) is 10.6 Å². The van der Waals surface area contributed by atoms with Crippen LogP contribution >= 0.6 is 11.6 Å². The Morgan fingerprint density at radius 3 is 2.54 bits per heavy atom. The van der Waals surface area contributed by atoms with Crippen LogP contribution in [0.25, 0.3) is 21.9 Å². The van der Waals surface area contributed by atoms with Gasteiger partial charge in [0, 0.05) is 59.4 Å². The standard InChI is InChI=1S/C27H24ClN5O3S/c1-37(35,36)32-11-7-27(8-12-32)22-6-10-30-16-24(22)33(26(27)34)17-23-25(18-3-2-9-29-14-18)21-5-4-20(28)13-19(21)15-31-23/h2-6,9-10,13-16H,7-8,11-12,17H2,1H3. The molecule has 0 N–H and O–H groups in total. The quantitative estimate of drug-likeness (QED) is 0.390. The van der Waals surface area contributed by atoms with Crippen LogP contribution in [0.1, 0.15) is 24.1 Å². The van der Waals surface area contributed by atoms with Crippen LogP contribution in [0.2, 0.25) is 5.02 Å². The Hall–Kier alpha value is -3.40. The fourth-order valence-corrected chi connectivity index (χ4v) is 6.69. The number of pyridine rings is 3. The van der Waals surface area contributed by atoms with E-state index in [1.54, 1.807) is 35.9 Å². The second-order valence-electron chi connectivity index (χ2n) is 9.58. The van der Waals surface area contributed by atoms with E-state index >= 15 is 0 Å². The first-order chi connectivity index (χ1) is 17.8. The molecule has 188 valence electrons. The van der Waals surface area contributed by atoms with Gasteiger partial charge in [-0.1, -0.05) is 23.7 Å². The normalized spacial score (nSPS) is 17.5. The molecule has 3 aromatic heterocycles. The number of rotatable bonds is 4. The van der Waals surface area contributed by atoms with Gasteiger partial charge in [0.1, 0.15) is 0 Å². The Labute approximate surface area is 220 Å². The molecule has 0 radical (unpaired) electrons. The maximum atomic E-state index is 14.1. The number of aromatic nitrogens is 3. The molecule has 6 rings (SSSR count). The predicted octanol–water partition coefficient (Wildman–Crippen LogP) is 4.19. The average Bonchev–Trinajstić information content (AvgIpc) is 3.11. The molecule has 1 aromatic carbocycles. The minimum Gasteiger partial charge on any atom is -0.304 e. The molecule has 0 aliphatic carbocycles. The molecule has 2 aliphatic rings. The SMILES string of the molecule is CS(=O)(=O)N1CCC2(CC1)C(=O)N(Cc1ncc3cc(Cl)ccc3c1-c1cccnc1)c1cnccc12. The van der Waals surface area contributed by atoms with Crippen LogP contribution in [0.5, 0.6) is 0 Å². The van der Waals surface area contributed by atoms with Gasteiger partial charge >= 0.3 is 0 Å². The van der Waals surface area contributed by atoms with Crippen molar-refractivity contribution in [2.75, 3.05) is 24.2 Å². The summed E-state index contributed by atoms with van der Waals surface area (Å²) in [6.07, 6.45) is 10.8. The summed E-state index contributed by atoms with van der Waals surface area (Å²) in [7, 11) is -3.32. The zero-order valence-electron chi connectivity index (χ0n) is 20.1. The van der Waals surface area contributed by atoms with Crippen LogP contribution < -0.4 is 4.90 Å².